The number of nitrogens with zero attached hydrogens (tertiary/aromatic N) is 3. The first-order valence-electron chi connectivity index (χ1n) is 16.7. The molecular formula is C38H36BrN3O7. The molecule has 0 bridgehead atoms. The first kappa shape index (κ1) is 31.8. The fourth-order valence-electron chi connectivity index (χ4n) is 9.02. The zero-order chi connectivity index (χ0) is 34.2. The van der Waals surface area contributed by atoms with Crippen molar-refractivity contribution in [3.05, 3.63) is 88.4 Å². The molecule has 4 fully saturated rings. The molecule has 8 rings (SSSR count). The number of imide groups is 2. The van der Waals surface area contributed by atoms with E-state index < -0.39 is 35.0 Å². The first-order valence-corrected chi connectivity index (χ1v) is 17.4. The van der Waals surface area contributed by atoms with Gasteiger partial charge in [0.05, 0.1) is 59.3 Å². The monoisotopic (exact) mass is 725 g/mol. The van der Waals surface area contributed by atoms with E-state index in [4.69, 9.17) is 9.47 Å². The number of morpholine rings is 1. The second-order valence-corrected chi connectivity index (χ2v) is 14.5. The van der Waals surface area contributed by atoms with E-state index in [2.05, 4.69) is 20.8 Å². The lowest BCUT2D eigenvalue weighted by Gasteiger charge is -2.49. The van der Waals surface area contributed by atoms with Gasteiger partial charge in [-0.1, -0.05) is 29.8 Å². The second kappa shape index (κ2) is 11.8. The molecule has 3 heterocycles. The Kier molecular flexibility index (Phi) is 7.68. The molecule has 0 radical (unpaired) electrons. The van der Waals surface area contributed by atoms with Gasteiger partial charge in [-0.25, -0.2) is 4.90 Å². The van der Waals surface area contributed by atoms with Crippen molar-refractivity contribution in [2.45, 2.75) is 25.7 Å². The number of benzene rings is 3. The number of phenols is 1. The third-order valence-electron chi connectivity index (χ3n) is 11.4. The van der Waals surface area contributed by atoms with Gasteiger partial charge in [0, 0.05) is 24.7 Å². The molecule has 0 spiro atoms. The fourth-order valence-corrected chi connectivity index (χ4v) is 9.48. The predicted octanol–water partition coefficient (Wildman–Crippen LogP) is 5.44. The zero-order valence-electron chi connectivity index (χ0n) is 27.2. The molecule has 11 heteroatoms. The minimum absolute atomic E-state index is 0.0791. The Morgan fingerprint density at radius 3 is 2.22 bits per heavy atom. The molecule has 10 nitrogen and oxygen atoms in total. The van der Waals surface area contributed by atoms with E-state index in [-0.39, 0.29) is 41.5 Å². The number of allylic oxidation sites excluding steroid dienone is 2. The summed E-state index contributed by atoms with van der Waals surface area (Å²) in [4.78, 5) is 62.3. The highest BCUT2D eigenvalue weighted by molar-refractivity contribution is 9.10. The predicted molar refractivity (Wildman–Crippen MR) is 185 cm³/mol. The van der Waals surface area contributed by atoms with E-state index in [0.717, 1.165) is 24.4 Å². The lowest BCUT2D eigenvalue weighted by Crippen LogP contribution is -2.48. The molecule has 3 aliphatic heterocycles. The van der Waals surface area contributed by atoms with Crippen molar-refractivity contribution in [1.82, 2.24) is 0 Å². The zero-order valence-corrected chi connectivity index (χ0v) is 28.8. The highest BCUT2D eigenvalue weighted by Gasteiger charge is 2.67. The van der Waals surface area contributed by atoms with Gasteiger partial charge in [0.25, 0.3) is 0 Å². The minimum Gasteiger partial charge on any atom is -0.503 e. The van der Waals surface area contributed by atoms with Crippen LogP contribution in [0.2, 0.25) is 0 Å². The number of fused-ring (bicyclic) bond motifs is 4. The number of rotatable bonds is 5. The minimum atomic E-state index is -1.20. The van der Waals surface area contributed by atoms with Gasteiger partial charge in [-0.15, -0.1) is 0 Å². The van der Waals surface area contributed by atoms with Gasteiger partial charge in [-0.2, -0.15) is 0 Å². The van der Waals surface area contributed by atoms with Crippen LogP contribution in [0.25, 0.3) is 0 Å². The molecule has 1 saturated carbocycles. The number of methoxy groups -OCH3 is 1. The van der Waals surface area contributed by atoms with Crippen LogP contribution in [-0.4, -0.2) is 62.1 Å². The number of anilines is 3. The molecule has 1 N–H and O–H groups in total. The number of carbonyl (C=O) groups is 4. The summed E-state index contributed by atoms with van der Waals surface area (Å²) < 4.78 is 11.4. The lowest BCUT2D eigenvalue weighted by atomic mass is 9.51. The van der Waals surface area contributed by atoms with Gasteiger partial charge in [-0.05, 0) is 95.7 Å². The van der Waals surface area contributed by atoms with Crippen molar-refractivity contribution in [2.24, 2.45) is 29.1 Å². The number of aromatic hydroxyl groups is 1. The van der Waals surface area contributed by atoms with Crippen LogP contribution in [0.3, 0.4) is 0 Å². The summed E-state index contributed by atoms with van der Waals surface area (Å²) in [6.07, 6.45) is 2.61. The van der Waals surface area contributed by atoms with Crippen LogP contribution < -0.4 is 19.4 Å². The van der Waals surface area contributed by atoms with Gasteiger partial charge >= 0.3 is 0 Å². The van der Waals surface area contributed by atoms with Crippen LogP contribution in [0.5, 0.6) is 11.5 Å². The maximum Gasteiger partial charge on any atom is 0.241 e. The summed E-state index contributed by atoms with van der Waals surface area (Å²) >= 11 is 3.46. The number of amides is 4. The average molecular weight is 727 g/mol. The van der Waals surface area contributed by atoms with Crippen molar-refractivity contribution in [1.29, 1.82) is 0 Å². The van der Waals surface area contributed by atoms with Crippen LogP contribution in [0.15, 0.2) is 82.9 Å². The Hall–Kier alpha value is -4.48. The Morgan fingerprint density at radius 1 is 0.857 bits per heavy atom. The van der Waals surface area contributed by atoms with Crippen LogP contribution in [-0.2, 0) is 23.9 Å². The van der Waals surface area contributed by atoms with E-state index in [1.54, 1.807) is 36.4 Å². The molecule has 4 amide bonds. The number of carbonyl (C=O) groups excluding carboxylic acids is 4. The fraction of sp³-hybridized carbons (Fsp3) is 0.368. The standard InChI is InChI=1S/C38H36BrN3O7/c1-38-28(35(45)42(37(38)47)23-6-4-3-5-7-23)20-27-25(32(38)21-18-29(39)33(43)30(19-21)48-2)12-13-26-31(27)36(46)41(34(26)44)24-10-8-22(9-11-24)40-14-16-49-17-15-40/h3-12,18-19,26-28,31-32,43H,13-17,20H2,1-2H3. The SMILES string of the molecule is COc1cc(C2C3=CCC4C(=O)N(c5ccc(N6CCOCC6)cc5)C(=O)C4C3CC3C(=O)N(c4ccccc4)C(=O)C32C)cc(Br)c1O. The summed E-state index contributed by atoms with van der Waals surface area (Å²) in [5.41, 5.74) is 2.35. The van der Waals surface area contributed by atoms with Crippen molar-refractivity contribution < 1.29 is 33.8 Å². The van der Waals surface area contributed by atoms with E-state index in [1.165, 1.54) is 16.9 Å². The molecule has 2 aliphatic carbocycles. The van der Waals surface area contributed by atoms with E-state index >= 15 is 0 Å². The third-order valence-corrected chi connectivity index (χ3v) is 12.0. The highest BCUT2D eigenvalue weighted by Crippen LogP contribution is 2.64. The normalized spacial score (nSPS) is 29.5. The average Bonchev–Trinajstić information content (AvgIpc) is 3.49. The second-order valence-electron chi connectivity index (χ2n) is 13.7. The third kappa shape index (κ3) is 4.69. The molecule has 0 aromatic heterocycles. The molecule has 3 saturated heterocycles. The largest absolute Gasteiger partial charge is 0.503 e. The van der Waals surface area contributed by atoms with Crippen molar-refractivity contribution in [2.75, 3.05) is 48.1 Å². The summed E-state index contributed by atoms with van der Waals surface area (Å²) in [5, 5.41) is 10.7. The van der Waals surface area contributed by atoms with Crippen molar-refractivity contribution in [3.8, 4) is 11.5 Å². The smallest absolute Gasteiger partial charge is 0.241 e. The van der Waals surface area contributed by atoms with E-state index in [9.17, 15) is 24.3 Å². The number of halogens is 1. The molecule has 252 valence electrons. The van der Waals surface area contributed by atoms with E-state index in [0.29, 0.717) is 41.0 Å². The van der Waals surface area contributed by atoms with E-state index in [1.807, 2.05) is 43.3 Å². The molecule has 3 aromatic carbocycles. The summed E-state index contributed by atoms with van der Waals surface area (Å²) in [6.45, 7) is 4.68. The number of phenolic OH excluding ortho intramolecular Hbond substituents is 1. The number of para-hydroxylation sites is 1. The van der Waals surface area contributed by atoms with Crippen LogP contribution >= 0.6 is 15.9 Å². The molecule has 5 aliphatic rings. The van der Waals surface area contributed by atoms with Gasteiger partial charge in [0.15, 0.2) is 11.5 Å². The maximum absolute atomic E-state index is 14.6. The Balaban J connectivity index is 1.21. The Labute approximate surface area is 292 Å². The summed E-state index contributed by atoms with van der Waals surface area (Å²) in [5.74, 6) is -4.13. The molecule has 6 atom stereocenters. The topological polar surface area (TPSA) is 117 Å². The Morgan fingerprint density at radius 2 is 1.53 bits per heavy atom. The van der Waals surface area contributed by atoms with Crippen molar-refractivity contribution in [3.63, 3.8) is 0 Å². The highest BCUT2D eigenvalue weighted by atomic mass is 79.9. The maximum atomic E-state index is 14.6. The van der Waals surface area contributed by atoms with Gasteiger partial charge in [0.1, 0.15) is 0 Å². The number of hydrogen-bond donors (Lipinski definition) is 1. The lowest BCUT2D eigenvalue weighted by molar-refractivity contribution is -0.131. The summed E-state index contributed by atoms with van der Waals surface area (Å²) in [7, 11) is 1.45. The van der Waals surface area contributed by atoms with Crippen LogP contribution in [0.1, 0.15) is 31.2 Å². The van der Waals surface area contributed by atoms with Gasteiger partial charge in [-0.3, -0.25) is 24.1 Å². The molecule has 3 aromatic rings. The van der Waals surface area contributed by atoms with Crippen LogP contribution in [0.4, 0.5) is 17.1 Å². The Bertz CT molecular complexity index is 1910. The summed E-state index contributed by atoms with van der Waals surface area (Å²) in [6, 6.07) is 19.9. The quantitative estimate of drug-likeness (QED) is 0.273. The molecule has 6 unspecified atom stereocenters. The van der Waals surface area contributed by atoms with Gasteiger partial charge < -0.3 is 19.5 Å². The molecular weight excluding hydrogens is 690 g/mol. The number of ether oxygens (including phenoxy) is 2. The molecule has 49 heavy (non-hydrogen) atoms. The van der Waals surface area contributed by atoms with Gasteiger partial charge in [0.2, 0.25) is 23.6 Å². The first-order chi connectivity index (χ1) is 23.6. The number of hydrogen-bond acceptors (Lipinski definition) is 8. The van der Waals surface area contributed by atoms with Crippen molar-refractivity contribution >= 4 is 56.6 Å². The van der Waals surface area contributed by atoms with Crippen LogP contribution in [0, 0.1) is 29.1 Å².